The molecule has 1 aromatic rings. The number of allylic oxidation sites excluding steroid dienone is 1. The van der Waals surface area contributed by atoms with E-state index in [1.807, 2.05) is 0 Å². The maximum Gasteiger partial charge on any atom is 0.337 e. The van der Waals surface area contributed by atoms with Crippen LogP contribution in [0.5, 0.6) is 0 Å². The Morgan fingerprint density at radius 2 is 2.25 bits per heavy atom. The number of nitrogens with one attached hydrogen (secondary N) is 1. The molecule has 0 fully saturated rings. The first-order chi connectivity index (χ1) is 11.5. The predicted molar refractivity (Wildman–Crippen MR) is 78.1 cm³/mol. The molecule has 0 spiro atoms. The van der Waals surface area contributed by atoms with Crippen LogP contribution in [0.2, 0.25) is 0 Å². The molecule has 0 radical (unpaired) electrons. The topological polar surface area (TPSA) is 88.5 Å². The van der Waals surface area contributed by atoms with Gasteiger partial charge < -0.3 is 15.2 Å². The molecule has 0 saturated carbocycles. The van der Waals surface area contributed by atoms with Crippen LogP contribution in [-0.4, -0.2) is 35.3 Å². The minimum atomic E-state index is -1.39. The number of rotatable bonds is 4. The van der Waals surface area contributed by atoms with E-state index in [4.69, 9.17) is 4.74 Å². The van der Waals surface area contributed by atoms with Crippen molar-refractivity contribution < 1.29 is 28.2 Å². The van der Waals surface area contributed by atoms with Crippen molar-refractivity contribution in [3.63, 3.8) is 0 Å². The number of cyclic esters (lactones) is 1. The molecule has 6 nitrogen and oxygen atoms in total. The monoisotopic (exact) mass is 336 g/mol. The number of esters is 1. The van der Waals surface area contributed by atoms with E-state index in [2.05, 4.69) is 10.3 Å². The summed E-state index contributed by atoms with van der Waals surface area (Å²) in [6.45, 7) is 0.532. The predicted octanol–water partition coefficient (Wildman–Crippen LogP) is 1.59. The highest BCUT2D eigenvalue weighted by atomic mass is 19.1. The summed E-state index contributed by atoms with van der Waals surface area (Å²) < 4.78 is 32.4. The van der Waals surface area contributed by atoms with E-state index in [1.165, 1.54) is 6.20 Å². The molecular weight excluding hydrogens is 322 g/mol. The summed E-state index contributed by atoms with van der Waals surface area (Å²) in [5, 5.41) is 12.2. The lowest BCUT2D eigenvalue weighted by atomic mass is 9.79. The zero-order valence-electron chi connectivity index (χ0n) is 12.7. The Balaban J connectivity index is 2.29. The number of alkyl halides is 1. The number of carboxylic acid groups (broad SMARTS) is 1. The Morgan fingerprint density at radius 1 is 1.50 bits per heavy atom. The number of hydrogen-bond acceptors (Lipinski definition) is 5. The number of nitrogens with zero attached hydrogens (tertiary/aromatic N) is 1. The Morgan fingerprint density at radius 3 is 2.88 bits per heavy atom. The molecule has 1 aromatic heterocycles. The van der Waals surface area contributed by atoms with Crippen LogP contribution in [0.4, 0.5) is 8.78 Å². The zero-order valence-corrected chi connectivity index (χ0v) is 12.7. The van der Waals surface area contributed by atoms with E-state index < -0.39 is 30.3 Å². The van der Waals surface area contributed by atoms with Gasteiger partial charge in [0.2, 0.25) is 0 Å². The number of dihydropyridines is 1. The van der Waals surface area contributed by atoms with Crippen LogP contribution < -0.4 is 5.32 Å². The number of carbonyl (C=O) groups excluding carboxylic acids is 1. The van der Waals surface area contributed by atoms with Crippen LogP contribution in [0.15, 0.2) is 34.9 Å². The molecular formula is C16H14F2N2O4. The Labute approximate surface area is 135 Å². The number of ether oxygens (including phenoxy) is 1. The van der Waals surface area contributed by atoms with Gasteiger partial charge in [0.1, 0.15) is 19.1 Å². The maximum atomic E-state index is 14.1. The van der Waals surface area contributed by atoms with E-state index in [1.54, 1.807) is 6.92 Å². The van der Waals surface area contributed by atoms with E-state index in [-0.39, 0.29) is 41.0 Å². The summed E-state index contributed by atoms with van der Waals surface area (Å²) in [4.78, 5) is 27.6. The first-order valence-electron chi connectivity index (χ1n) is 7.31. The second kappa shape index (κ2) is 6.03. The number of carboxylic acids is 1. The molecule has 3 heterocycles. The molecule has 0 bridgehead atoms. The molecule has 8 heteroatoms. The van der Waals surface area contributed by atoms with Crippen molar-refractivity contribution in [1.29, 1.82) is 0 Å². The summed E-state index contributed by atoms with van der Waals surface area (Å²) in [5.74, 6) is -3.82. The average Bonchev–Trinajstić information content (AvgIpc) is 2.93. The lowest BCUT2D eigenvalue weighted by Gasteiger charge is -2.28. The molecule has 24 heavy (non-hydrogen) atoms. The van der Waals surface area contributed by atoms with Crippen LogP contribution in [0.1, 0.15) is 24.0 Å². The molecule has 0 aliphatic carbocycles. The third kappa shape index (κ3) is 2.34. The van der Waals surface area contributed by atoms with Crippen molar-refractivity contribution in [2.45, 2.75) is 19.3 Å². The molecule has 2 aliphatic heterocycles. The molecule has 0 unspecified atom stereocenters. The number of carbonyl (C=O) groups is 2. The number of pyridine rings is 1. The average molecular weight is 336 g/mol. The number of aromatic nitrogens is 1. The van der Waals surface area contributed by atoms with Gasteiger partial charge in [-0.05, 0) is 17.5 Å². The van der Waals surface area contributed by atoms with Gasteiger partial charge in [0.05, 0.1) is 34.7 Å². The molecule has 0 amide bonds. The van der Waals surface area contributed by atoms with Gasteiger partial charge in [-0.1, -0.05) is 6.92 Å². The maximum absolute atomic E-state index is 14.1. The quantitative estimate of drug-likeness (QED) is 0.812. The first kappa shape index (κ1) is 16.1. The van der Waals surface area contributed by atoms with Crippen LogP contribution in [0.25, 0.3) is 0 Å². The summed E-state index contributed by atoms with van der Waals surface area (Å²) in [6, 6.07) is 0. The third-order valence-corrected chi connectivity index (χ3v) is 4.16. The van der Waals surface area contributed by atoms with Crippen molar-refractivity contribution in [3.05, 3.63) is 51.9 Å². The first-order valence-corrected chi connectivity index (χ1v) is 7.31. The van der Waals surface area contributed by atoms with Gasteiger partial charge in [-0.3, -0.25) is 4.98 Å². The number of aliphatic carboxylic acids is 1. The highest BCUT2D eigenvalue weighted by Gasteiger charge is 2.43. The Hall–Kier alpha value is -2.77. The lowest BCUT2D eigenvalue weighted by molar-refractivity contribution is -0.136. The van der Waals surface area contributed by atoms with Crippen LogP contribution in [0.3, 0.4) is 0 Å². The van der Waals surface area contributed by atoms with Crippen LogP contribution >= 0.6 is 0 Å². The third-order valence-electron chi connectivity index (χ3n) is 4.16. The van der Waals surface area contributed by atoms with Gasteiger partial charge in [0.15, 0.2) is 0 Å². The Bertz CT molecular complexity index is 801. The minimum Gasteiger partial charge on any atom is -0.478 e. The second-order valence-corrected chi connectivity index (χ2v) is 5.40. The van der Waals surface area contributed by atoms with Gasteiger partial charge in [0, 0.05) is 6.20 Å². The summed E-state index contributed by atoms with van der Waals surface area (Å²) in [6.07, 6.45) is 2.60. The number of hydrogen-bond donors (Lipinski definition) is 2. The van der Waals surface area contributed by atoms with E-state index in [0.29, 0.717) is 5.70 Å². The molecule has 126 valence electrons. The molecule has 2 N–H and O–H groups in total. The van der Waals surface area contributed by atoms with Gasteiger partial charge >= 0.3 is 11.9 Å². The van der Waals surface area contributed by atoms with Crippen molar-refractivity contribution in [3.8, 4) is 0 Å². The fraction of sp³-hybridized carbons (Fsp3) is 0.312. The highest BCUT2D eigenvalue weighted by Crippen LogP contribution is 2.42. The van der Waals surface area contributed by atoms with Crippen molar-refractivity contribution in [2.75, 3.05) is 13.3 Å². The van der Waals surface area contributed by atoms with Crippen LogP contribution in [0, 0.1) is 5.82 Å². The van der Waals surface area contributed by atoms with Gasteiger partial charge in [-0.2, -0.15) is 0 Å². The lowest BCUT2D eigenvalue weighted by Crippen LogP contribution is -2.31. The number of halogens is 2. The summed E-state index contributed by atoms with van der Waals surface area (Å²) in [5.41, 5.74) is 0.322. The normalized spacial score (nSPS) is 20.0. The van der Waals surface area contributed by atoms with Crippen molar-refractivity contribution >= 4 is 11.9 Å². The second-order valence-electron chi connectivity index (χ2n) is 5.40. The molecule has 0 saturated heterocycles. The Kier molecular flexibility index (Phi) is 4.04. The van der Waals surface area contributed by atoms with E-state index in [0.717, 1.165) is 6.20 Å². The standard InChI is InChI=1S/C16H14F2N2O4/c1-2-7-8(4-19-5-9(7)18)12-13(15(21)22)10(3-17)20-11-6-24-16(23)14(11)12/h4-5,12,20H,2-3,6H2,1H3,(H,21,22)/t12-/m1/s1. The molecule has 3 rings (SSSR count). The van der Waals surface area contributed by atoms with Crippen molar-refractivity contribution in [1.82, 2.24) is 10.3 Å². The van der Waals surface area contributed by atoms with E-state index >= 15 is 0 Å². The van der Waals surface area contributed by atoms with Gasteiger partial charge in [0.25, 0.3) is 0 Å². The summed E-state index contributed by atoms with van der Waals surface area (Å²) in [7, 11) is 0. The van der Waals surface area contributed by atoms with Gasteiger partial charge in [-0.25, -0.2) is 18.4 Å². The smallest absolute Gasteiger partial charge is 0.337 e. The fourth-order valence-electron chi connectivity index (χ4n) is 3.15. The van der Waals surface area contributed by atoms with Gasteiger partial charge in [-0.15, -0.1) is 0 Å². The SMILES string of the molecule is CCc1c(F)cncc1[C@@H]1C(C(=O)O)=C(CF)NC2=C1C(=O)OC2. The minimum absolute atomic E-state index is 0.0618. The van der Waals surface area contributed by atoms with Crippen molar-refractivity contribution in [2.24, 2.45) is 0 Å². The largest absolute Gasteiger partial charge is 0.478 e. The molecule has 1 atom stereocenters. The zero-order chi connectivity index (χ0) is 17.4. The highest BCUT2D eigenvalue weighted by molar-refractivity contribution is 6.00. The molecule has 0 aromatic carbocycles. The summed E-state index contributed by atoms with van der Waals surface area (Å²) >= 11 is 0. The van der Waals surface area contributed by atoms with Crippen LogP contribution in [-0.2, 0) is 20.7 Å². The fourth-order valence-corrected chi connectivity index (χ4v) is 3.15. The van der Waals surface area contributed by atoms with E-state index in [9.17, 15) is 23.5 Å². The molecule has 2 aliphatic rings.